The first-order valence-electron chi connectivity index (χ1n) is 9.32. The zero-order chi connectivity index (χ0) is 20.6. The summed E-state index contributed by atoms with van der Waals surface area (Å²) in [6.45, 7) is 0. The molecule has 0 spiro atoms. The van der Waals surface area contributed by atoms with Crippen LogP contribution in [0.25, 0.3) is 10.8 Å². The summed E-state index contributed by atoms with van der Waals surface area (Å²) in [5.41, 5.74) is 2.73. The molecule has 6 heteroatoms. The summed E-state index contributed by atoms with van der Waals surface area (Å²) in [5, 5.41) is 21.6. The molecule has 0 aromatic heterocycles. The van der Waals surface area contributed by atoms with Gasteiger partial charge in [0.1, 0.15) is 11.2 Å². The van der Waals surface area contributed by atoms with Gasteiger partial charge in [0.25, 0.3) is 0 Å². The van der Waals surface area contributed by atoms with Crippen molar-refractivity contribution in [2.75, 3.05) is 7.11 Å². The van der Waals surface area contributed by atoms with Crippen molar-refractivity contribution in [1.29, 1.82) is 0 Å². The number of ether oxygens (including phenoxy) is 1. The topological polar surface area (TPSA) is 95.9 Å². The lowest BCUT2D eigenvalue weighted by atomic mass is 9.89. The van der Waals surface area contributed by atoms with E-state index in [0.29, 0.717) is 17.5 Å². The third-order valence-electron chi connectivity index (χ3n) is 5.74. The van der Waals surface area contributed by atoms with Gasteiger partial charge in [-0.25, -0.2) is 5.48 Å². The molecule has 0 bridgehead atoms. The van der Waals surface area contributed by atoms with Gasteiger partial charge in [0.2, 0.25) is 5.91 Å². The van der Waals surface area contributed by atoms with E-state index >= 15 is 0 Å². The van der Waals surface area contributed by atoms with E-state index < -0.39 is 23.2 Å². The Morgan fingerprint density at radius 1 is 1.10 bits per heavy atom. The van der Waals surface area contributed by atoms with Crippen LogP contribution in [0.5, 0.6) is 5.75 Å². The standard InChI is InChI=1S/C23H21NO5/c1-29-22(27)23(13-19(23)21(26)24-28)18-8-9-20(25)17(12-18)11-14-6-7-15-4-2-3-5-16(15)10-14/h2-10,12,19,25,28H,11,13H2,1H3,(H,24,26)/t19-,23-/m1/s1. The number of aromatic hydroxyl groups is 1. The number of phenolic OH excluding ortho intramolecular Hbond substituents is 1. The van der Waals surface area contributed by atoms with Crippen molar-refractivity contribution in [3.8, 4) is 5.75 Å². The maximum absolute atomic E-state index is 12.5. The van der Waals surface area contributed by atoms with E-state index in [9.17, 15) is 14.7 Å². The lowest BCUT2D eigenvalue weighted by Gasteiger charge is -2.17. The number of methoxy groups -OCH3 is 1. The van der Waals surface area contributed by atoms with Crippen molar-refractivity contribution in [2.24, 2.45) is 5.92 Å². The molecule has 0 saturated heterocycles. The third-order valence-corrected chi connectivity index (χ3v) is 5.74. The highest BCUT2D eigenvalue weighted by molar-refractivity contribution is 5.98. The molecular weight excluding hydrogens is 370 g/mol. The molecule has 1 amide bonds. The molecule has 4 rings (SSSR count). The molecule has 1 saturated carbocycles. The van der Waals surface area contributed by atoms with E-state index in [-0.39, 0.29) is 12.2 Å². The van der Waals surface area contributed by atoms with Crippen molar-refractivity contribution in [3.63, 3.8) is 0 Å². The van der Waals surface area contributed by atoms with Crippen LogP contribution >= 0.6 is 0 Å². The van der Waals surface area contributed by atoms with Crippen molar-refractivity contribution in [2.45, 2.75) is 18.3 Å². The van der Waals surface area contributed by atoms with Crippen LogP contribution in [0, 0.1) is 5.92 Å². The highest BCUT2D eigenvalue weighted by Gasteiger charge is 2.65. The van der Waals surface area contributed by atoms with Crippen LogP contribution in [-0.2, 0) is 26.2 Å². The van der Waals surface area contributed by atoms with E-state index in [2.05, 4.69) is 6.07 Å². The number of benzene rings is 3. The van der Waals surface area contributed by atoms with Crippen LogP contribution in [0.15, 0.2) is 60.7 Å². The second-order valence-electron chi connectivity index (χ2n) is 7.40. The number of carbonyl (C=O) groups is 2. The number of amides is 1. The van der Waals surface area contributed by atoms with E-state index in [1.165, 1.54) is 13.2 Å². The first-order valence-corrected chi connectivity index (χ1v) is 9.32. The first kappa shape index (κ1) is 19.0. The predicted octanol–water partition coefficient (Wildman–Crippen LogP) is 3.07. The predicted molar refractivity (Wildman–Crippen MR) is 107 cm³/mol. The Kier molecular flexibility index (Phi) is 4.72. The Balaban J connectivity index is 1.70. The molecular formula is C23H21NO5. The Morgan fingerprint density at radius 2 is 1.86 bits per heavy atom. The van der Waals surface area contributed by atoms with Gasteiger partial charge in [0.15, 0.2) is 0 Å². The summed E-state index contributed by atoms with van der Waals surface area (Å²) < 4.78 is 4.93. The molecule has 3 N–H and O–H groups in total. The number of rotatable bonds is 5. The van der Waals surface area contributed by atoms with Gasteiger partial charge in [0.05, 0.1) is 13.0 Å². The lowest BCUT2D eigenvalue weighted by Crippen LogP contribution is -2.31. The Labute approximate surface area is 167 Å². The zero-order valence-electron chi connectivity index (χ0n) is 15.9. The highest BCUT2D eigenvalue weighted by atomic mass is 16.5. The van der Waals surface area contributed by atoms with Crippen LogP contribution in [0.1, 0.15) is 23.1 Å². The van der Waals surface area contributed by atoms with Crippen LogP contribution in [0.4, 0.5) is 0 Å². The van der Waals surface area contributed by atoms with Gasteiger partial charge in [-0.1, -0.05) is 54.6 Å². The number of hydrogen-bond donors (Lipinski definition) is 3. The number of hydrogen-bond acceptors (Lipinski definition) is 5. The maximum Gasteiger partial charge on any atom is 0.317 e. The normalized spacial score (nSPS) is 20.3. The molecule has 148 valence electrons. The maximum atomic E-state index is 12.5. The average molecular weight is 391 g/mol. The van der Waals surface area contributed by atoms with Gasteiger partial charge in [-0.15, -0.1) is 0 Å². The SMILES string of the molecule is COC(=O)[C@@]1(c2ccc(O)c(Cc3ccc4ccccc4c3)c2)C[C@@H]1C(=O)NO. The lowest BCUT2D eigenvalue weighted by molar-refractivity contribution is -0.146. The molecule has 3 aromatic carbocycles. The molecule has 0 radical (unpaired) electrons. The van der Waals surface area contributed by atoms with E-state index in [4.69, 9.17) is 9.94 Å². The summed E-state index contributed by atoms with van der Waals surface area (Å²) in [6.07, 6.45) is 0.713. The van der Waals surface area contributed by atoms with Gasteiger partial charge in [-0.05, 0) is 39.9 Å². The largest absolute Gasteiger partial charge is 0.508 e. The monoisotopic (exact) mass is 391 g/mol. The van der Waals surface area contributed by atoms with E-state index in [0.717, 1.165) is 16.3 Å². The number of fused-ring (bicyclic) bond motifs is 1. The second kappa shape index (κ2) is 7.22. The molecule has 1 aliphatic carbocycles. The minimum absolute atomic E-state index is 0.116. The molecule has 1 aliphatic rings. The summed E-state index contributed by atoms with van der Waals surface area (Å²) in [4.78, 5) is 24.4. The Hall–Kier alpha value is -3.38. The molecule has 1 fully saturated rings. The number of phenols is 1. The third kappa shape index (κ3) is 3.21. The fourth-order valence-electron chi connectivity index (χ4n) is 4.08. The average Bonchev–Trinajstić information content (AvgIpc) is 3.51. The number of nitrogens with one attached hydrogen (secondary N) is 1. The molecule has 2 atom stereocenters. The second-order valence-corrected chi connectivity index (χ2v) is 7.40. The minimum Gasteiger partial charge on any atom is -0.508 e. The van der Waals surface area contributed by atoms with Gasteiger partial charge in [0, 0.05) is 6.42 Å². The van der Waals surface area contributed by atoms with E-state index in [1.807, 2.05) is 36.4 Å². The molecule has 0 aliphatic heterocycles. The summed E-state index contributed by atoms with van der Waals surface area (Å²) in [7, 11) is 1.27. The van der Waals surface area contributed by atoms with E-state index in [1.54, 1.807) is 17.6 Å². The number of carbonyl (C=O) groups excluding carboxylic acids is 2. The summed E-state index contributed by atoms with van der Waals surface area (Å²) in [6, 6.07) is 19.0. The quantitative estimate of drug-likeness (QED) is 0.353. The van der Waals surface area contributed by atoms with Crippen LogP contribution in [0.2, 0.25) is 0 Å². The molecule has 0 unspecified atom stereocenters. The molecule has 29 heavy (non-hydrogen) atoms. The van der Waals surface area contributed by atoms with Gasteiger partial charge in [-0.3, -0.25) is 14.8 Å². The van der Waals surface area contributed by atoms with Crippen LogP contribution < -0.4 is 5.48 Å². The fourth-order valence-corrected chi connectivity index (χ4v) is 4.08. The molecule has 0 heterocycles. The molecule has 6 nitrogen and oxygen atoms in total. The van der Waals surface area contributed by atoms with Crippen molar-refractivity contribution >= 4 is 22.6 Å². The number of esters is 1. The smallest absolute Gasteiger partial charge is 0.317 e. The van der Waals surface area contributed by atoms with Crippen LogP contribution in [0.3, 0.4) is 0 Å². The number of hydroxylamine groups is 1. The van der Waals surface area contributed by atoms with Crippen molar-refractivity contribution in [1.82, 2.24) is 5.48 Å². The fraction of sp³-hybridized carbons (Fsp3) is 0.217. The first-order chi connectivity index (χ1) is 14.0. The van der Waals surface area contributed by atoms with Crippen LogP contribution in [-0.4, -0.2) is 29.3 Å². The Morgan fingerprint density at radius 3 is 2.59 bits per heavy atom. The highest BCUT2D eigenvalue weighted by Crippen LogP contribution is 2.55. The van der Waals surface area contributed by atoms with Gasteiger partial charge < -0.3 is 9.84 Å². The Bertz CT molecular complexity index is 1110. The molecule has 3 aromatic rings. The van der Waals surface area contributed by atoms with Crippen molar-refractivity contribution in [3.05, 3.63) is 77.4 Å². The van der Waals surface area contributed by atoms with Crippen molar-refractivity contribution < 1.29 is 24.6 Å². The van der Waals surface area contributed by atoms with Gasteiger partial charge in [-0.2, -0.15) is 0 Å². The summed E-state index contributed by atoms with van der Waals surface area (Å²) >= 11 is 0. The summed E-state index contributed by atoms with van der Waals surface area (Å²) in [5.74, 6) is -1.75. The van der Waals surface area contributed by atoms with Gasteiger partial charge >= 0.3 is 5.97 Å². The zero-order valence-corrected chi connectivity index (χ0v) is 15.9. The minimum atomic E-state index is -1.15.